The molecular weight excluding hydrogens is 492 g/mol. The fourth-order valence-corrected chi connectivity index (χ4v) is 5.00. The van der Waals surface area contributed by atoms with Gasteiger partial charge in [0.05, 0.1) is 0 Å². The van der Waals surface area contributed by atoms with Gasteiger partial charge in [0.2, 0.25) is 0 Å². The molecule has 3 aromatic heterocycles. The molecule has 0 bridgehead atoms. The number of rotatable bonds is 4. The second kappa shape index (κ2) is 10.6. The van der Waals surface area contributed by atoms with Crippen LogP contribution < -0.4 is 16.4 Å². The number of anilines is 2. The highest BCUT2D eigenvalue weighted by Crippen LogP contribution is 2.35. The number of nitrogens with zero attached hydrogens (tertiary/aromatic N) is 5. The molecule has 1 aliphatic heterocycles. The number of hydrogen-bond donors (Lipinski definition) is 3. The number of hydrogen-bond acceptors (Lipinski definition) is 7. The highest BCUT2D eigenvalue weighted by atomic mass is 16.2. The minimum Gasteiger partial charge on any atom is -0.382 e. The predicted molar refractivity (Wildman–Crippen MR) is 150 cm³/mol. The molecule has 198 valence electrons. The summed E-state index contributed by atoms with van der Waals surface area (Å²) in [6.07, 6.45) is 5.07. The Morgan fingerprint density at radius 3 is 2.62 bits per heavy atom. The number of imidazole rings is 1. The first kappa shape index (κ1) is 25.9. The van der Waals surface area contributed by atoms with Crippen molar-refractivity contribution in [3.63, 3.8) is 0 Å². The van der Waals surface area contributed by atoms with E-state index in [0.29, 0.717) is 40.8 Å². The van der Waals surface area contributed by atoms with Crippen LogP contribution in [0.25, 0.3) is 16.8 Å². The van der Waals surface area contributed by atoms with Crippen LogP contribution in [0.3, 0.4) is 0 Å². The van der Waals surface area contributed by atoms with Crippen LogP contribution in [0.2, 0.25) is 0 Å². The van der Waals surface area contributed by atoms with E-state index in [1.165, 1.54) is 0 Å². The first-order chi connectivity index (χ1) is 18.8. The van der Waals surface area contributed by atoms with Crippen molar-refractivity contribution in [2.75, 3.05) is 17.6 Å². The summed E-state index contributed by atoms with van der Waals surface area (Å²) in [6.45, 7) is 8.26. The SMILES string of the molecule is CC#CC(=O)N1C(c2nc(-c3ccc(C(=O)Nc4cc(C)ccn4)cc3)c3c(N)nccn23)[C@H](C)NC[C@@H]1C. The first-order valence-corrected chi connectivity index (χ1v) is 12.7. The predicted octanol–water partition coefficient (Wildman–Crippen LogP) is 3.21. The zero-order chi connectivity index (χ0) is 27.7. The molecule has 1 saturated heterocycles. The van der Waals surface area contributed by atoms with Crippen LogP contribution in [0.4, 0.5) is 11.6 Å². The number of aromatic nitrogens is 4. The molecule has 0 aliphatic carbocycles. The largest absolute Gasteiger partial charge is 0.382 e. The monoisotopic (exact) mass is 522 g/mol. The standard InChI is InChI=1S/C29H30N8O2/c1-5-6-23(38)37-18(3)16-33-19(4)25(37)28-35-24(26-27(30)32-13-14-36(26)28)20-7-9-21(10-8-20)29(39)34-22-15-17(2)11-12-31-22/h7-15,18-19,25,33H,16H2,1-4H3,(H2,30,32)(H,31,34,39)/t18-,19-,25?/m0/s1. The van der Waals surface area contributed by atoms with E-state index >= 15 is 0 Å². The number of pyridine rings is 1. The summed E-state index contributed by atoms with van der Waals surface area (Å²) in [5.74, 6) is 6.36. The lowest BCUT2D eigenvalue weighted by molar-refractivity contribution is -0.132. The molecular formula is C29H30N8O2. The molecule has 4 aromatic rings. The van der Waals surface area contributed by atoms with Crippen molar-refractivity contribution in [2.45, 2.75) is 45.8 Å². The molecule has 5 rings (SSSR count). The summed E-state index contributed by atoms with van der Waals surface area (Å²) in [7, 11) is 0. The second-order valence-electron chi connectivity index (χ2n) is 9.68. The molecule has 0 spiro atoms. The van der Waals surface area contributed by atoms with Crippen LogP contribution in [-0.2, 0) is 4.79 Å². The number of piperazine rings is 1. The normalized spacial score (nSPS) is 18.9. The smallest absolute Gasteiger partial charge is 0.299 e. The van der Waals surface area contributed by atoms with Crippen molar-refractivity contribution in [2.24, 2.45) is 0 Å². The van der Waals surface area contributed by atoms with Gasteiger partial charge in [0.1, 0.15) is 34.7 Å². The van der Waals surface area contributed by atoms with Crippen LogP contribution in [-0.4, -0.2) is 54.7 Å². The van der Waals surface area contributed by atoms with Gasteiger partial charge in [-0.3, -0.25) is 14.0 Å². The van der Waals surface area contributed by atoms with E-state index in [1.807, 2.05) is 49.4 Å². The molecule has 3 atom stereocenters. The molecule has 0 radical (unpaired) electrons. The lowest BCUT2D eigenvalue weighted by atomic mass is 10.00. The van der Waals surface area contributed by atoms with Gasteiger partial charge in [-0.1, -0.05) is 18.1 Å². The molecule has 1 unspecified atom stereocenters. The molecule has 1 aromatic carbocycles. The summed E-state index contributed by atoms with van der Waals surface area (Å²) in [4.78, 5) is 41.2. The molecule has 1 aliphatic rings. The maximum atomic E-state index is 13.1. The van der Waals surface area contributed by atoms with Gasteiger partial charge >= 0.3 is 0 Å². The molecule has 2 amide bonds. The number of nitrogens with one attached hydrogen (secondary N) is 2. The van der Waals surface area contributed by atoms with Gasteiger partial charge in [-0.25, -0.2) is 15.0 Å². The number of nitrogen functional groups attached to an aromatic ring is 1. The fraction of sp³-hybridized carbons (Fsp3) is 0.276. The number of fused-ring (bicyclic) bond motifs is 1. The number of nitrogens with two attached hydrogens (primary N) is 1. The Morgan fingerprint density at radius 1 is 1.13 bits per heavy atom. The summed E-state index contributed by atoms with van der Waals surface area (Å²) in [5, 5.41) is 6.31. The minimum absolute atomic E-state index is 0.0852. The number of carbonyl (C=O) groups is 2. The summed E-state index contributed by atoms with van der Waals surface area (Å²) >= 11 is 0. The molecule has 4 heterocycles. The van der Waals surface area contributed by atoms with Crippen LogP contribution in [0, 0.1) is 18.8 Å². The van der Waals surface area contributed by atoms with E-state index in [4.69, 9.17) is 10.7 Å². The van der Waals surface area contributed by atoms with Crippen LogP contribution in [0.15, 0.2) is 55.0 Å². The lowest BCUT2D eigenvalue weighted by Gasteiger charge is -2.43. The molecule has 0 saturated carbocycles. The fourth-order valence-electron chi connectivity index (χ4n) is 5.00. The Balaban J connectivity index is 1.55. The highest BCUT2D eigenvalue weighted by molar-refractivity contribution is 6.04. The van der Waals surface area contributed by atoms with Crippen LogP contribution >= 0.6 is 0 Å². The van der Waals surface area contributed by atoms with E-state index in [1.54, 1.807) is 42.5 Å². The van der Waals surface area contributed by atoms with E-state index in [0.717, 1.165) is 11.1 Å². The van der Waals surface area contributed by atoms with Crippen molar-refractivity contribution in [1.29, 1.82) is 0 Å². The molecule has 10 nitrogen and oxygen atoms in total. The van der Waals surface area contributed by atoms with E-state index in [9.17, 15) is 9.59 Å². The van der Waals surface area contributed by atoms with Gasteiger partial charge in [-0.05, 0) is 63.4 Å². The van der Waals surface area contributed by atoms with Gasteiger partial charge in [0.15, 0.2) is 0 Å². The minimum atomic E-state index is -0.392. The van der Waals surface area contributed by atoms with Crippen molar-refractivity contribution < 1.29 is 9.59 Å². The maximum Gasteiger partial charge on any atom is 0.299 e. The Kier molecular flexibility index (Phi) is 7.00. The zero-order valence-electron chi connectivity index (χ0n) is 22.3. The lowest BCUT2D eigenvalue weighted by Crippen LogP contribution is -2.58. The van der Waals surface area contributed by atoms with Crippen LogP contribution in [0.1, 0.15) is 48.6 Å². The summed E-state index contributed by atoms with van der Waals surface area (Å²) < 4.78 is 1.89. The summed E-state index contributed by atoms with van der Waals surface area (Å²) in [6, 6.07) is 10.2. The van der Waals surface area contributed by atoms with E-state index < -0.39 is 6.04 Å². The maximum absolute atomic E-state index is 13.1. The van der Waals surface area contributed by atoms with Crippen LogP contribution in [0.5, 0.6) is 0 Å². The summed E-state index contributed by atoms with van der Waals surface area (Å²) in [5.41, 5.74) is 9.85. The third-order valence-electron chi connectivity index (χ3n) is 6.90. The molecule has 4 N–H and O–H groups in total. The number of benzene rings is 1. The zero-order valence-corrected chi connectivity index (χ0v) is 22.3. The number of aryl methyl sites for hydroxylation is 1. The quantitative estimate of drug-likeness (QED) is 0.351. The van der Waals surface area contributed by atoms with E-state index in [2.05, 4.69) is 32.4 Å². The third-order valence-corrected chi connectivity index (χ3v) is 6.90. The Labute approximate surface area is 226 Å². The van der Waals surface area contributed by atoms with Crippen molar-refractivity contribution in [3.8, 4) is 23.1 Å². The number of amides is 2. The van der Waals surface area contributed by atoms with Crippen molar-refractivity contribution >= 4 is 29.0 Å². The Bertz CT molecular complexity index is 1620. The van der Waals surface area contributed by atoms with Gasteiger partial charge in [0, 0.05) is 48.3 Å². The molecule has 1 fully saturated rings. The van der Waals surface area contributed by atoms with Gasteiger partial charge < -0.3 is 21.3 Å². The first-order valence-electron chi connectivity index (χ1n) is 12.7. The average molecular weight is 523 g/mol. The van der Waals surface area contributed by atoms with Crippen molar-refractivity contribution in [1.82, 2.24) is 29.6 Å². The van der Waals surface area contributed by atoms with Gasteiger partial charge in [-0.2, -0.15) is 0 Å². The average Bonchev–Trinajstić information content (AvgIpc) is 3.30. The van der Waals surface area contributed by atoms with E-state index in [-0.39, 0.29) is 23.9 Å². The molecule has 10 heteroatoms. The van der Waals surface area contributed by atoms with Gasteiger partial charge in [-0.15, -0.1) is 0 Å². The topological polar surface area (TPSA) is 131 Å². The number of carbonyl (C=O) groups excluding carboxylic acids is 2. The second-order valence-corrected chi connectivity index (χ2v) is 9.68. The van der Waals surface area contributed by atoms with Gasteiger partial charge in [0.25, 0.3) is 11.8 Å². The molecule has 39 heavy (non-hydrogen) atoms. The Morgan fingerprint density at radius 2 is 1.90 bits per heavy atom. The van der Waals surface area contributed by atoms with Crippen molar-refractivity contribution in [3.05, 3.63) is 71.9 Å². The third kappa shape index (κ3) is 4.92. The highest BCUT2D eigenvalue weighted by Gasteiger charge is 2.39. The Hall–Kier alpha value is -4.75.